The topological polar surface area (TPSA) is 37.4 Å². The van der Waals surface area contributed by atoms with E-state index < -0.39 is 17.5 Å². The summed E-state index contributed by atoms with van der Waals surface area (Å²) in [5.74, 6) is -2.26. The Bertz CT molecular complexity index is 445. The van der Waals surface area contributed by atoms with Gasteiger partial charge < -0.3 is 4.90 Å². The molecule has 1 heterocycles. The number of nitrogens with zero attached hydrogens (tertiary/aromatic N) is 1. The highest BCUT2D eigenvalue weighted by Crippen LogP contribution is 2.23. The lowest BCUT2D eigenvalue weighted by Gasteiger charge is -2.15. The van der Waals surface area contributed by atoms with E-state index >= 15 is 0 Å². The van der Waals surface area contributed by atoms with E-state index in [1.807, 2.05) is 0 Å². The highest BCUT2D eigenvalue weighted by molar-refractivity contribution is 6.15. The third-order valence-corrected chi connectivity index (χ3v) is 2.18. The number of carbonyl (C=O) groups excluding carboxylic acids is 2. The maximum atomic E-state index is 13.3. The molecule has 1 aliphatic heterocycles. The van der Waals surface area contributed by atoms with E-state index in [1.54, 1.807) is 0 Å². The zero-order chi connectivity index (χ0) is 11.0. The molecule has 78 valence electrons. The van der Waals surface area contributed by atoms with Crippen molar-refractivity contribution in [3.8, 4) is 0 Å². The number of halogens is 2. The molecule has 1 aromatic carbocycles. The fourth-order valence-corrected chi connectivity index (χ4v) is 1.50. The van der Waals surface area contributed by atoms with E-state index in [9.17, 15) is 18.4 Å². The summed E-state index contributed by atoms with van der Waals surface area (Å²) in [6.07, 6.45) is -0.211. The van der Waals surface area contributed by atoms with Crippen LogP contribution in [0.3, 0.4) is 0 Å². The summed E-state index contributed by atoms with van der Waals surface area (Å²) in [5.41, 5.74) is -0.0488. The lowest BCUT2D eigenvalue weighted by atomic mass is 10.2. The van der Waals surface area contributed by atoms with Gasteiger partial charge in [-0.1, -0.05) is 0 Å². The monoisotopic (exact) mass is 211 g/mol. The van der Waals surface area contributed by atoms with Gasteiger partial charge in [-0.15, -0.1) is 0 Å². The SMILES string of the molecule is O=C1CC(=O)N(c2ccc(F)cc2F)C1. The van der Waals surface area contributed by atoms with Gasteiger partial charge in [0.15, 0.2) is 5.78 Å². The van der Waals surface area contributed by atoms with Gasteiger partial charge in [-0.25, -0.2) is 8.78 Å². The molecule has 0 N–H and O–H groups in total. The summed E-state index contributed by atoms with van der Waals surface area (Å²) in [7, 11) is 0. The van der Waals surface area contributed by atoms with Gasteiger partial charge >= 0.3 is 0 Å². The minimum absolute atomic E-state index is 0.0488. The van der Waals surface area contributed by atoms with Gasteiger partial charge in [-0.3, -0.25) is 9.59 Å². The molecule has 1 aliphatic rings. The number of hydrogen-bond acceptors (Lipinski definition) is 2. The molecular weight excluding hydrogens is 204 g/mol. The lowest BCUT2D eigenvalue weighted by molar-refractivity contribution is -0.121. The Balaban J connectivity index is 2.38. The standard InChI is InChI=1S/C10H7F2NO2/c11-6-1-2-9(8(12)3-6)13-5-7(14)4-10(13)15/h1-3H,4-5H2. The molecule has 0 unspecified atom stereocenters. The molecule has 0 aliphatic carbocycles. The molecule has 0 aromatic heterocycles. The van der Waals surface area contributed by atoms with Crippen LogP contribution in [0.15, 0.2) is 18.2 Å². The first-order valence-corrected chi connectivity index (χ1v) is 4.35. The van der Waals surface area contributed by atoms with Gasteiger partial charge in [0.25, 0.3) is 0 Å². The molecular formula is C10H7F2NO2. The van der Waals surface area contributed by atoms with Gasteiger partial charge in [-0.05, 0) is 12.1 Å². The van der Waals surface area contributed by atoms with Crippen molar-refractivity contribution in [1.82, 2.24) is 0 Å². The van der Waals surface area contributed by atoms with Crippen molar-refractivity contribution in [2.45, 2.75) is 6.42 Å². The summed E-state index contributed by atoms with van der Waals surface area (Å²) >= 11 is 0. The number of amides is 1. The second-order valence-corrected chi connectivity index (χ2v) is 3.29. The van der Waals surface area contributed by atoms with Crippen LogP contribution in [0, 0.1) is 11.6 Å². The number of carbonyl (C=O) groups is 2. The maximum Gasteiger partial charge on any atom is 0.235 e. The van der Waals surface area contributed by atoms with Crippen LogP contribution in [0.1, 0.15) is 6.42 Å². The van der Waals surface area contributed by atoms with Gasteiger partial charge in [0.2, 0.25) is 5.91 Å². The van der Waals surface area contributed by atoms with Crippen molar-refractivity contribution in [1.29, 1.82) is 0 Å². The molecule has 1 aromatic rings. The number of rotatable bonds is 1. The number of benzene rings is 1. The second-order valence-electron chi connectivity index (χ2n) is 3.29. The quantitative estimate of drug-likeness (QED) is 0.656. The van der Waals surface area contributed by atoms with E-state index in [-0.39, 0.29) is 24.4 Å². The Morgan fingerprint density at radius 3 is 2.47 bits per heavy atom. The number of ketones is 1. The first-order valence-electron chi connectivity index (χ1n) is 4.35. The minimum atomic E-state index is -0.835. The number of hydrogen-bond donors (Lipinski definition) is 0. The number of anilines is 1. The van der Waals surface area contributed by atoms with Crippen LogP contribution >= 0.6 is 0 Å². The predicted molar refractivity (Wildman–Crippen MR) is 48.3 cm³/mol. The van der Waals surface area contributed by atoms with Crippen LogP contribution in [0.25, 0.3) is 0 Å². The van der Waals surface area contributed by atoms with Gasteiger partial charge in [0.1, 0.15) is 11.6 Å². The molecule has 0 bridgehead atoms. The van der Waals surface area contributed by atoms with Crippen LogP contribution in [0.5, 0.6) is 0 Å². The predicted octanol–water partition coefficient (Wildman–Crippen LogP) is 1.27. The highest BCUT2D eigenvalue weighted by atomic mass is 19.1. The third kappa shape index (κ3) is 1.72. The summed E-state index contributed by atoms with van der Waals surface area (Å²) in [5, 5.41) is 0. The van der Waals surface area contributed by atoms with Crippen LogP contribution in [-0.4, -0.2) is 18.2 Å². The molecule has 5 heteroatoms. The molecule has 3 nitrogen and oxygen atoms in total. The molecule has 0 atom stereocenters. The Labute approximate surface area is 84.3 Å². The van der Waals surface area contributed by atoms with Gasteiger partial charge in [-0.2, -0.15) is 0 Å². The molecule has 1 fully saturated rings. The first-order chi connectivity index (χ1) is 7.08. The van der Waals surface area contributed by atoms with Gasteiger partial charge in [0, 0.05) is 6.07 Å². The zero-order valence-electron chi connectivity index (χ0n) is 7.67. The Morgan fingerprint density at radius 2 is 1.93 bits per heavy atom. The van der Waals surface area contributed by atoms with Crippen molar-refractivity contribution >= 4 is 17.4 Å². The fourth-order valence-electron chi connectivity index (χ4n) is 1.50. The summed E-state index contributed by atoms with van der Waals surface area (Å²) in [6, 6.07) is 2.89. The third-order valence-electron chi connectivity index (χ3n) is 2.18. The average molecular weight is 211 g/mol. The van der Waals surface area contributed by atoms with Crippen LogP contribution in [-0.2, 0) is 9.59 Å². The van der Waals surface area contributed by atoms with E-state index in [0.29, 0.717) is 6.07 Å². The van der Waals surface area contributed by atoms with Crippen molar-refractivity contribution in [3.05, 3.63) is 29.8 Å². The number of Topliss-reactive ketones (excluding diaryl/α,β-unsaturated/α-hetero) is 1. The van der Waals surface area contributed by atoms with Crippen molar-refractivity contribution in [2.75, 3.05) is 11.4 Å². The summed E-state index contributed by atoms with van der Waals surface area (Å²) in [4.78, 5) is 23.2. The molecule has 0 spiro atoms. The summed E-state index contributed by atoms with van der Waals surface area (Å²) < 4.78 is 25.9. The van der Waals surface area contributed by atoms with Crippen molar-refractivity contribution in [3.63, 3.8) is 0 Å². The minimum Gasteiger partial charge on any atom is -0.302 e. The van der Waals surface area contributed by atoms with E-state index in [2.05, 4.69) is 0 Å². The highest BCUT2D eigenvalue weighted by Gasteiger charge is 2.30. The molecule has 15 heavy (non-hydrogen) atoms. The second kappa shape index (κ2) is 3.42. The van der Waals surface area contributed by atoms with Crippen molar-refractivity contribution < 1.29 is 18.4 Å². The zero-order valence-corrected chi connectivity index (χ0v) is 7.67. The van der Waals surface area contributed by atoms with Crippen molar-refractivity contribution in [2.24, 2.45) is 0 Å². The molecule has 0 radical (unpaired) electrons. The summed E-state index contributed by atoms with van der Waals surface area (Å²) in [6.45, 7) is -0.138. The average Bonchev–Trinajstić information content (AvgIpc) is 2.45. The van der Waals surface area contributed by atoms with E-state index in [4.69, 9.17) is 0 Å². The van der Waals surface area contributed by atoms with Crippen LogP contribution in [0.2, 0.25) is 0 Å². The Hall–Kier alpha value is -1.78. The van der Waals surface area contributed by atoms with Crippen LogP contribution in [0.4, 0.5) is 14.5 Å². The van der Waals surface area contributed by atoms with E-state index in [1.165, 1.54) is 0 Å². The molecule has 1 amide bonds. The lowest BCUT2D eigenvalue weighted by Crippen LogP contribution is -2.25. The normalized spacial score (nSPS) is 16.3. The largest absolute Gasteiger partial charge is 0.302 e. The van der Waals surface area contributed by atoms with E-state index in [0.717, 1.165) is 17.0 Å². The fraction of sp³-hybridized carbons (Fsp3) is 0.200. The Kier molecular flexibility index (Phi) is 2.22. The van der Waals surface area contributed by atoms with Gasteiger partial charge in [0.05, 0.1) is 18.7 Å². The Morgan fingerprint density at radius 1 is 1.20 bits per heavy atom. The molecule has 0 saturated carbocycles. The first kappa shape index (κ1) is 9.76. The molecule has 2 rings (SSSR count). The molecule has 1 saturated heterocycles. The smallest absolute Gasteiger partial charge is 0.235 e. The maximum absolute atomic E-state index is 13.3. The van der Waals surface area contributed by atoms with Crippen LogP contribution < -0.4 is 4.90 Å².